The van der Waals surface area contributed by atoms with Gasteiger partial charge in [-0.3, -0.25) is 9.59 Å². The van der Waals surface area contributed by atoms with Crippen molar-refractivity contribution in [3.05, 3.63) is 63.8 Å². The molecule has 0 unspecified atom stereocenters. The molecule has 1 N–H and O–H groups in total. The van der Waals surface area contributed by atoms with Crippen LogP contribution in [0.15, 0.2) is 41.5 Å². The molecule has 9 heteroatoms. The van der Waals surface area contributed by atoms with Gasteiger partial charge < -0.3 is 9.88 Å². The summed E-state index contributed by atoms with van der Waals surface area (Å²) in [5, 5.41) is 6.84. The van der Waals surface area contributed by atoms with E-state index in [1.807, 2.05) is 0 Å². The average molecular weight is 390 g/mol. The second kappa shape index (κ2) is 6.81. The molecule has 1 aliphatic carbocycles. The number of fused-ring (bicyclic) bond motifs is 3. The van der Waals surface area contributed by atoms with Gasteiger partial charge >= 0.3 is 6.18 Å². The van der Waals surface area contributed by atoms with Crippen LogP contribution in [0.2, 0.25) is 0 Å². The molecule has 0 atom stereocenters. The van der Waals surface area contributed by atoms with Crippen LogP contribution in [-0.2, 0) is 30.4 Å². The first kappa shape index (κ1) is 18.3. The molecule has 2 heterocycles. The first-order chi connectivity index (χ1) is 13.3. The highest BCUT2D eigenvalue weighted by atomic mass is 19.4. The number of aryl methyl sites for hydroxylation is 2. The van der Waals surface area contributed by atoms with Crippen LogP contribution in [0.5, 0.6) is 0 Å². The second-order valence-corrected chi connectivity index (χ2v) is 6.78. The molecular formula is C19H17F3N4O2. The topological polar surface area (TPSA) is 68.4 Å². The van der Waals surface area contributed by atoms with E-state index >= 15 is 0 Å². The number of nitrogens with zero attached hydrogens (tertiary/aromatic N) is 3. The Morgan fingerprint density at radius 2 is 1.96 bits per heavy atom. The van der Waals surface area contributed by atoms with Crippen molar-refractivity contribution in [1.29, 1.82) is 0 Å². The molecule has 1 aliphatic rings. The van der Waals surface area contributed by atoms with Gasteiger partial charge in [-0.15, -0.1) is 0 Å². The fourth-order valence-electron chi connectivity index (χ4n) is 3.51. The molecule has 2 aromatic heterocycles. The zero-order chi connectivity index (χ0) is 19.9. The summed E-state index contributed by atoms with van der Waals surface area (Å²) < 4.78 is 41.2. The second-order valence-electron chi connectivity index (χ2n) is 6.78. The minimum Gasteiger partial charge on any atom is -0.325 e. The number of hydrogen-bond acceptors (Lipinski definition) is 3. The smallest absolute Gasteiger partial charge is 0.325 e. The largest absolute Gasteiger partial charge is 0.416 e. The number of hydrogen-bond donors (Lipinski definition) is 1. The average Bonchev–Trinajstić information content (AvgIpc) is 3.03. The highest BCUT2D eigenvalue weighted by Crippen LogP contribution is 2.30. The van der Waals surface area contributed by atoms with Crippen molar-refractivity contribution < 1.29 is 18.0 Å². The molecular weight excluding hydrogens is 373 g/mol. The van der Waals surface area contributed by atoms with E-state index in [1.165, 1.54) is 22.9 Å². The van der Waals surface area contributed by atoms with Gasteiger partial charge in [0, 0.05) is 23.6 Å². The Balaban J connectivity index is 1.58. The molecule has 1 amide bonds. The number of amides is 1. The lowest BCUT2D eigenvalue weighted by Gasteiger charge is -2.11. The number of aromatic nitrogens is 3. The van der Waals surface area contributed by atoms with E-state index in [1.54, 1.807) is 10.7 Å². The summed E-state index contributed by atoms with van der Waals surface area (Å²) in [7, 11) is 0. The number of rotatable bonds is 3. The summed E-state index contributed by atoms with van der Waals surface area (Å²) in [6.07, 6.45) is 2.19. The Kier molecular flexibility index (Phi) is 4.44. The normalized spacial score (nSPS) is 14.1. The van der Waals surface area contributed by atoms with E-state index in [-0.39, 0.29) is 17.8 Å². The first-order valence-electron chi connectivity index (χ1n) is 8.89. The lowest BCUT2D eigenvalue weighted by molar-refractivity contribution is -0.137. The molecule has 0 spiro atoms. The maximum Gasteiger partial charge on any atom is 0.416 e. The third kappa shape index (κ3) is 3.39. The maximum atomic E-state index is 12.8. The molecule has 0 saturated carbocycles. The van der Waals surface area contributed by atoms with Gasteiger partial charge in [-0.1, -0.05) is 6.07 Å². The molecule has 0 aliphatic heterocycles. The number of carbonyl (C=O) groups excluding carboxylic acids is 1. The zero-order valence-electron chi connectivity index (χ0n) is 14.8. The van der Waals surface area contributed by atoms with Crippen LogP contribution in [0.4, 0.5) is 18.9 Å². The Labute approximate surface area is 157 Å². The van der Waals surface area contributed by atoms with E-state index in [0.717, 1.165) is 49.1 Å². The van der Waals surface area contributed by atoms with Gasteiger partial charge in [0.25, 0.3) is 5.56 Å². The molecule has 0 fully saturated rings. The third-order valence-corrected chi connectivity index (χ3v) is 4.82. The predicted octanol–water partition coefficient (Wildman–Crippen LogP) is 3.03. The third-order valence-electron chi connectivity index (χ3n) is 4.82. The number of nitrogens with one attached hydrogen (secondary N) is 1. The lowest BCUT2D eigenvalue weighted by Crippen LogP contribution is -2.28. The molecule has 0 bridgehead atoms. The molecule has 28 heavy (non-hydrogen) atoms. The van der Waals surface area contributed by atoms with E-state index in [0.29, 0.717) is 5.52 Å². The summed E-state index contributed by atoms with van der Waals surface area (Å²) in [6, 6.07) is 4.37. The number of anilines is 1. The summed E-state index contributed by atoms with van der Waals surface area (Å²) >= 11 is 0. The molecule has 4 rings (SSSR count). The zero-order valence-corrected chi connectivity index (χ0v) is 14.8. The van der Waals surface area contributed by atoms with Gasteiger partial charge in [0.2, 0.25) is 5.91 Å². The monoisotopic (exact) mass is 390 g/mol. The van der Waals surface area contributed by atoms with Crippen LogP contribution in [0.3, 0.4) is 0 Å². The van der Waals surface area contributed by atoms with E-state index in [9.17, 15) is 22.8 Å². The minimum atomic E-state index is -4.50. The lowest BCUT2D eigenvalue weighted by atomic mass is 9.97. The van der Waals surface area contributed by atoms with E-state index < -0.39 is 17.6 Å². The van der Waals surface area contributed by atoms with Crippen molar-refractivity contribution in [2.75, 3.05) is 5.32 Å². The SMILES string of the molecule is O=C(Cn1ccn2nc3c(c2c1=O)CCCC3)Nc1cccc(C(F)(F)F)c1. The summed E-state index contributed by atoms with van der Waals surface area (Å²) in [4.78, 5) is 25.1. The van der Waals surface area contributed by atoms with E-state index in [4.69, 9.17) is 0 Å². The number of alkyl halides is 3. The van der Waals surface area contributed by atoms with Gasteiger partial charge in [0.05, 0.1) is 11.3 Å². The van der Waals surface area contributed by atoms with Crippen molar-refractivity contribution in [2.45, 2.75) is 38.4 Å². The molecule has 146 valence electrons. The van der Waals surface area contributed by atoms with Crippen molar-refractivity contribution in [1.82, 2.24) is 14.2 Å². The van der Waals surface area contributed by atoms with Crippen LogP contribution in [0.1, 0.15) is 29.7 Å². The standard InChI is InChI=1S/C19H17F3N4O2/c20-19(21,22)12-4-3-5-13(10-12)23-16(27)11-25-8-9-26-17(18(25)28)14-6-1-2-7-15(14)24-26/h3-5,8-10H,1-2,6-7,11H2,(H,23,27). The fourth-order valence-corrected chi connectivity index (χ4v) is 3.51. The fraction of sp³-hybridized carbons (Fsp3) is 0.316. The summed E-state index contributed by atoms with van der Waals surface area (Å²) in [5.74, 6) is -0.584. The highest BCUT2D eigenvalue weighted by Gasteiger charge is 2.30. The maximum absolute atomic E-state index is 12.8. The molecule has 3 aromatic rings. The highest BCUT2D eigenvalue weighted by molar-refractivity contribution is 5.90. The summed E-state index contributed by atoms with van der Waals surface area (Å²) in [5.41, 5.74) is 1.13. The van der Waals surface area contributed by atoms with Crippen LogP contribution in [0.25, 0.3) is 5.52 Å². The van der Waals surface area contributed by atoms with Crippen molar-refractivity contribution >= 4 is 17.1 Å². The minimum absolute atomic E-state index is 0.0238. The van der Waals surface area contributed by atoms with Crippen LogP contribution in [0, 0.1) is 0 Å². The number of carbonyl (C=O) groups is 1. The molecule has 1 aromatic carbocycles. The van der Waals surface area contributed by atoms with E-state index in [2.05, 4.69) is 10.4 Å². The Bertz CT molecular complexity index is 1110. The quantitative estimate of drug-likeness (QED) is 0.748. The first-order valence-corrected chi connectivity index (χ1v) is 8.89. The van der Waals surface area contributed by atoms with Gasteiger partial charge in [0.15, 0.2) is 0 Å². The van der Waals surface area contributed by atoms with Crippen molar-refractivity contribution in [3.63, 3.8) is 0 Å². The number of benzene rings is 1. The molecule has 0 saturated heterocycles. The Morgan fingerprint density at radius 1 is 1.18 bits per heavy atom. The van der Waals surface area contributed by atoms with Crippen molar-refractivity contribution in [3.8, 4) is 0 Å². The number of halogens is 3. The molecule has 0 radical (unpaired) electrons. The van der Waals surface area contributed by atoms with Gasteiger partial charge in [-0.05, 0) is 43.9 Å². The summed E-state index contributed by atoms with van der Waals surface area (Å²) in [6.45, 7) is -0.300. The van der Waals surface area contributed by atoms with Gasteiger partial charge in [-0.25, -0.2) is 4.52 Å². The Hall–Kier alpha value is -3.10. The molecule has 6 nitrogen and oxygen atoms in total. The van der Waals surface area contributed by atoms with Crippen LogP contribution in [-0.4, -0.2) is 20.1 Å². The van der Waals surface area contributed by atoms with Gasteiger partial charge in [0.1, 0.15) is 12.1 Å². The van der Waals surface area contributed by atoms with Crippen LogP contribution >= 0.6 is 0 Å². The predicted molar refractivity (Wildman–Crippen MR) is 96.2 cm³/mol. The van der Waals surface area contributed by atoms with Crippen LogP contribution < -0.4 is 10.9 Å². The van der Waals surface area contributed by atoms with Crippen molar-refractivity contribution in [2.24, 2.45) is 0 Å². The van der Waals surface area contributed by atoms with Gasteiger partial charge in [-0.2, -0.15) is 18.3 Å². The Morgan fingerprint density at radius 3 is 2.75 bits per heavy atom.